The lowest BCUT2D eigenvalue weighted by molar-refractivity contribution is -0.127. The van der Waals surface area contributed by atoms with Crippen LogP contribution < -0.4 is 4.74 Å². The van der Waals surface area contributed by atoms with Gasteiger partial charge in [-0.2, -0.15) is 0 Å². The van der Waals surface area contributed by atoms with E-state index in [4.69, 9.17) is 46.9 Å². The molecule has 1 saturated heterocycles. The number of fused-ring (bicyclic) bond motifs is 4. The molecule has 0 spiro atoms. The van der Waals surface area contributed by atoms with Gasteiger partial charge in [-0.15, -0.1) is 0 Å². The van der Waals surface area contributed by atoms with Crippen LogP contribution in [-0.2, 0) is 21.5 Å². The van der Waals surface area contributed by atoms with Gasteiger partial charge in [-0.3, -0.25) is 4.98 Å². The van der Waals surface area contributed by atoms with E-state index in [2.05, 4.69) is 40.5 Å². The SMILES string of the molecule is Clc1cncc(Cl)c1-c1noc(C2CC2)c1COC12CCC(c3ccc4cccc(OC5CCOCC5)c4n3)(CC1)CC2. The van der Waals surface area contributed by atoms with E-state index in [9.17, 15) is 0 Å². The van der Waals surface area contributed by atoms with E-state index in [0.717, 1.165) is 105 Å². The van der Waals surface area contributed by atoms with Crippen LogP contribution in [0.25, 0.3) is 22.2 Å². The zero-order valence-corrected chi connectivity index (χ0v) is 25.6. The van der Waals surface area contributed by atoms with Crippen LogP contribution in [0.3, 0.4) is 0 Å². The first-order valence-electron chi connectivity index (χ1n) is 15.6. The maximum Gasteiger partial charge on any atom is 0.145 e. The molecule has 43 heavy (non-hydrogen) atoms. The van der Waals surface area contributed by atoms with Crippen molar-refractivity contribution in [1.82, 2.24) is 15.1 Å². The van der Waals surface area contributed by atoms with E-state index in [-0.39, 0.29) is 17.1 Å². The highest BCUT2D eigenvalue weighted by Gasteiger charge is 2.51. The summed E-state index contributed by atoms with van der Waals surface area (Å²) in [6.07, 6.45) is 13.6. The molecule has 4 heterocycles. The lowest BCUT2D eigenvalue weighted by atomic mass is 9.57. The normalized spacial score (nSPS) is 25.8. The number of nitrogens with zero attached hydrogens (tertiary/aromatic N) is 3. The van der Waals surface area contributed by atoms with Crippen molar-refractivity contribution >= 4 is 34.1 Å². The van der Waals surface area contributed by atoms with E-state index >= 15 is 0 Å². The van der Waals surface area contributed by atoms with Gasteiger partial charge in [0.2, 0.25) is 0 Å². The summed E-state index contributed by atoms with van der Waals surface area (Å²) in [5.74, 6) is 2.19. The van der Waals surface area contributed by atoms with Crippen molar-refractivity contribution in [2.24, 2.45) is 0 Å². The van der Waals surface area contributed by atoms with Crippen LogP contribution in [0, 0.1) is 0 Å². The summed E-state index contributed by atoms with van der Waals surface area (Å²) < 4.78 is 24.7. The number of pyridine rings is 2. The van der Waals surface area contributed by atoms with Gasteiger partial charge < -0.3 is 18.7 Å². The number of para-hydroxylation sites is 1. The highest BCUT2D eigenvalue weighted by atomic mass is 35.5. The number of benzene rings is 1. The van der Waals surface area contributed by atoms with Crippen molar-refractivity contribution in [2.45, 2.75) is 93.9 Å². The van der Waals surface area contributed by atoms with Crippen LogP contribution in [0.4, 0.5) is 0 Å². The van der Waals surface area contributed by atoms with Crippen LogP contribution >= 0.6 is 23.2 Å². The molecule has 0 unspecified atom stereocenters. The average molecular weight is 621 g/mol. The topological polar surface area (TPSA) is 79.5 Å². The molecule has 0 radical (unpaired) electrons. The van der Waals surface area contributed by atoms with E-state index in [0.29, 0.717) is 33.8 Å². The summed E-state index contributed by atoms with van der Waals surface area (Å²) in [5, 5.41) is 6.49. The predicted molar refractivity (Wildman–Crippen MR) is 165 cm³/mol. The van der Waals surface area contributed by atoms with Crippen molar-refractivity contribution in [2.75, 3.05) is 13.2 Å². The molecule has 5 aliphatic rings. The monoisotopic (exact) mass is 619 g/mol. The number of ether oxygens (including phenoxy) is 3. The number of halogens is 2. The van der Waals surface area contributed by atoms with Crippen molar-refractivity contribution in [3.8, 4) is 17.0 Å². The molecule has 3 aromatic heterocycles. The molecule has 4 saturated carbocycles. The van der Waals surface area contributed by atoms with Gasteiger partial charge in [0.15, 0.2) is 0 Å². The number of aromatic nitrogens is 3. The number of rotatable bonds is 8. The fourth-order valence-electron chi connectivity index (χ4n) is 7.42. The molecule has 5 fully saturated rings. The second kappa shape index (κ2) is 11.0. The molecule has 2 bridgehead atoms. The molecular formula is C34H35Cl2N3O4. The largest absolute Gasteiger partial charge is 0.488 e. The van der Waals surface area contributed by atoms with Crippen LogP contribution in [-0.4, -0.2) is 40.0 Å². The van der Waals surface area contributed by atoms with Crippen molar-refractivity contribution in [1.29, 1.82) is 0 Å². The Morgan fingerprint density at radius 3 is 2.35 bits per heavy atom. The minimum atomic E-state index is -0.156. The van der Waals surface area contributed by atoms with Gasteiger partial charge in [0.25, 0.3) is 0 Å². The number of hydrogen-bond donors (Lipinski definition) is 0. The van der Waals surface area contributed by atoms with Gasteiger partial charge >= 0.3 is 0 Å². The minimum absolute atomic E-state index is 0.0741. The molecule has 1 aromatic carbocycles. The second-order valence-corrected chi connectivity index (χ2v) is 13.6. The Kier molecular flexibility index (Phi) is 7.13. The lowest BCUT2D eigenvalue weighted by Crippen LogP contribution is -2.50. The zero-order valence-electron chi connectivity index (χ0n) is 24.1. The molecule has 0 atom stereocenters. The van der Waals surface area contributed by atoms with Crippen molar-refractivity contribution < 1.29 is 18.7 Å². The Balaban J connectivity index is 1.02. The van der Waals surface area contributed by atoms with Gasteiger partial charge in [-0.25, -0.2) is 4.98 Å². The summed E-state index contributed by atoms with van der Waals surface area (Å²) in [4.78, 5) is 9.40. The van der Waals surface area contributed by atoms with Crippen molar-refractivity contribution in [3.63, 3.8) is 0 Å². The number of hydrogen-bond acceptors (Lipinski definition) is 7. The molecule has 1 aliphatic heterocycles. The smallest absolute Gasteiger partial charge is 0.145 e. The summed E-state index contributed by atoms with van der Waals surface area (Å²) >= 11 is 13.1. The maximum atomic E-state index is 6.86. The van der Waals surface area contributed by atoms with E-state index < -0.39 is 0 Å². The molecule has 224 valence electrons. The fourth-order valence-corrected chi connectivity index (χ4v) is 7.97. The molecule has 9 heteroatoms. The van der Waals surface area contributed by atoms with Crippen LogP contribution in [0.1, 0.15) is 87.1 Å². The van der Waals surface area contributed by atoms with Gasteiger partial charge in [0.05, 0.1) is 35.5 Å². The Morgan fingerprint density at radius 2 is 1.63 bits per heavy atom. The van der Waals surface area contributed by atoms with Crippen LogP contribution in [0.15, 0.2) is 47.2 Å². The van der Waals surface area contributed by atoms with Crippen LogP contribution in [0.2, 0.25) is 10.0 Å². The van der Waals surface area contributed by atoms with Crippen molar-refractivity contribution in [3.05, 3.63) is 69.8 Å². The molecular weight excluding hydrogens is 585 g/mol. The summed E-state index contributed by atoms with van der Waals surface area (Å²) in [5.41, 5.74) is 4.40. The average Bonchev–Trinajstić information content (AvgIpc) is 3.81. The van der Waals surface area contributed by atoms with E-state index in [1.54, 1.807) is 12.4 Å². The third-order valence-corrected chi connectivity index (χ3v) is 10.8. The Hall–Kier alpha value is -2.71. The van der Waals surface area contributed by atoms with Gasteiger partial charge in [-0.05, 0) is 63.5 Å². The highest BCUT2D eigenvalue weighted by molar-refractivity contribution is 6.38. The predicted octanol–water partition coefficient (Wildman–Crippen LogP) is 8.59. The van der Waals surface area contributed by atoms with Gasteiger partial charge in [-0.1, -0.05) is 46.6 Å². The Bertz CT molecular complexity index is 1620. The lowest BCUT2D eigenvalue weighted by Gasteiger charge is -2.52. The molecule has 4 aliphatic carbocycles. The molecule has 9 rings (SSSR count). The second-order valence-electron chi connectivity index (χ2n) is 12.8. The molecule has 4 aromatic rings. The minimum Gasteiger partial charge on any atom is -0.488 e. The first-order chi connectivity index (χ1) is 21.0. The summed E-state index contributed by atoms with van der Waals surface area (Å²) in [6.45, 7) is 1.95. The fraction of sp³-hybridized carbons (Fsp3) is 0.500. The molecule has 0 amide bonds. The van der Waals surface area contributed by atoms with Crippen LogP contribution in [0.5, 0.6) is 5.75 Å². The zero-order chi connectivity index (χ0) is 29.0. The Labute approximate surface area is 261 Å². The summed E-state index contributed by atoms with van der Waals surface area (Å²) in [7, 11) is 0. The third-order valence-electron chi connectivity index (χ3n) is 10.2. The quantitative estimate of drug-likeness (QED) is 0.195. The first-order valence-corrected chi connectivity index (χ1v) is 16.3. The maximum absolute atomic E-state index is 6.86. The molecule has 0 N–H and O–H groups in total. The first kappa shape index (κ1) is 27.8. The third kappa shape index (κ3) is 5.12. The van der Waals surface area contributed by atoms with Gasteiger partial charge in [0.1, 0.15) is 28.8 Å². The Morgan fingerprint density at radius 1 is 0.884 bits per heavy atom. The summed E-state index contributed by atoms with van der Waals surface area (Å²) in [6, 6.07) is 10.7. The highest BCUT2D eigenvalue weighted by Crippen LogP contribution is 2.55. The standard InChI is InChI=1S/C34H35Cl2N3O4/c35-25-18-37-19-26(36)29(25)31-24(32(43-39-31)22-4-5-22)20-41-34-13-10-33(11-14-34,12-15-34)28-7-6-21-2-1-3-27(30(21)38-28)42-23-8-16-40-17-9-23/h1-3,6-7,18-19,22-23H,4-5,8-17,20H2. The van der Waals surface area contributed by atoms with E-state index in [1.807, 2.05) is 0 Å². The molecule has 7 nitrogen and oxygen atoms in total. The van der Waals surface area contributed by atoms with Gasteiger partial charge in [0, 0.05) is 58.8 Å². The van der Waals surface area contributed by atoms with E-state index in [1.165, 1.54) is 5.69 Å².